The summed E-state index contributed by atoms with van der Waals surface area (Å²) in [5, 5.41) is 3.04. The monoisotopic (exact) mass is 470 g/mol. The van der Waals surface area contributed by atoms with Crippen molar-refractivity contribution >= 4 is 33.2 Å². The molecule has 1 fully saturated rings. The Morgan fingerprint density at radius 1 is 1.29 bits per heavy atom. The minimum Gasteiger partial charge on any atom is -0.497 e. The molecule has 2 heterocycles. The van der Waals surface area contributed by atoms with Gasteiger partial charge in [0.05, 0.1) is 31.5 Å². The molecule has 11 heteroatoms. The molecule has 0 unspecified atom stereocenters. The molecule has 9 nitrogen and oxygen atoms in total. The summed E-state index contributed by atoms with van der Waals surface area (Å²) in [6.07, 6.45) is 4.15. The number of amides is 1. The number of carbonyl (C=O) groups is 1. The maximum atomic E-state index is 13.0. The van der Waals surface area contributed by atoms with Gasteiger partial charge in [0.25, 0.3) is 10.0 Å². The molecule has 1 atom stereocenters. The standard InChI is InChI=1S/C20H27ClN4O5S/c1-13(2)24-11-18(22-12-24)31(27,28)25-7-5-6-14(10-25)20(26)23-19-16(21)8-15(29-3)9-17(19)30-4/h8-9,11-14H,5-7,10H2,1-4H3,(H,23,26)/t14-/m0/s1. The van der Waals surface area contributed by atoms with E-state index in [0.29, 0.717) is 36.6 Å². The van der Waals surface area contributed by atoms with Crippen LogP contribution in [0.4, 0.5) is 5.69 Å². The zero-order valence-corrected chi connectivity index (χ0v) is 19.5. The Kier molecular flexibility index (Phi) is 7.13. The maximum Gasteiger partial charge on any atom is 0.262 e. The number of nitrogens with zero attached hydrogens (tertiary/aromatic N) is 3. The van der Waals surface area contributed by atoms with E-state index in [1.165, 1.54) is 31.0 Å². The molecule has 1 aliphatic heterocycles. The minimum atomic E-state index is -3.79. The number of rotatable bonds is 7. The van der Waals surface area contributed by atoms with Gasteiger partial charge >= 0.3 is 0 Å². The summed E-state index contributed by atoms with van der Waals surface area (Å²) in [4.78, 5) is 17.0. The molecule has 1 saturated heterocycles. The van der Waals surface area contributed by atoms with Crippen LogP contribution < -0.4 is 14.8 Å². The van der Waals surface area contributed by atoms with E-state index in [0.717, 1.165) is 0 Å². The van der Waals surface area contributed by atoms with Gasteiger partial charge in [0.1, 0.15) is 17.2 Å². The Hall–Kier alpha value is -2.30. The predicted octanol–water partition coefficient (Wildman–Crippen LogP) is 3.17. The third-order valence-electron chi connectivity index (χ3n) is 5.26. The van der Waals surface area contributed by atoms with Gasteiger partial charge in [-0.25, -0.2) is 13.4 Å². The average molecular weight is 471 g/mol. The maximum absolute atomic E-state index is 13.0. The lowest BCUT2D eigenvalue weighted by Crippen LogP contribution is -2.43. The summed E-state index contributed by atoms with van der Waals surface area (Å²) >= 11 is 6.29. The normalized spacial score (nSPS) is 17.5. The van der Waals surface area contributed by atoms with E-state index < -0.39 is 15.9 Å². The van der Waals surface area contributed by atoms with Crippen molar-refractivity contribution in [3.63, 3.8) is 0 Å². The summed E-state index contributed by atoms with van der Waals surface area (Å²) in [6, 6.07) is 3.28. The quantitative estimate of drug-likeness (QED) is 0.666. The lowest BCUT2D eigenvalue weighted by molar-refractivity contribution is -0.120. The molecule has 1 N–H and O–H groups in total. The number of anilines is 1. The Labute approximate surface area is 187 Å². The fourth-order valence-corrected chi connectivity index (χ4v) is 5.12. The fraction of sp³-hybridized carbons (Fsp3) is 0.500. The number of nitrogens with one attached hydrogen (secondary N) is 1. The van der Waals surface area contributed by atoms with Crippen molar-refractivity contribution in [1.82, 2.24) is 13.9 Å². The first-order chi connectivity index (χ1) is 14.7. The first-order valence-corrected chi connectivity index (χ1v) is 11.7. The van der Waals surface area contributed by atoms with E-state index in [4.69, 9.17) is 21.1 Å². The highest BCUT2D eigenvalue weighted by atomic mass is 35.5. The molecule has 1 amide bonds. The molecular formula is C20H27ClN4O5S. The second-order valence-electron chi connectivity index (χ2n) is 7.63. The van der Waals surface area contributed by atoms with Crippen molar-refractivity contribution in [3.8, 4) is 11.5 Å². The smallest absolute Gasteiger partial charge is 0.262 e. The number of hydrogen-bond donors (Lipinski definition) is 1. The van der Waals surface area contributed by atoms with Gasteiger partial charge in [-0.05, 0) is 26.7 Å². The summed E-state index contributed by atoms with van der Waals surface area (Å²) in [5.41, 5.74) is 0.325. The molecule has 3 rings (SSSR count). The first-order valence-electron chi connectivity index (χ1n) is 9.93. The van der Waals surface area contributed by atoms with Crippen molar-refractivity contribution in [1.29, 1.82) is 0 Å². The Balaban J connectivity index is 1.77. The van der Waals surface area contributed by atoms with Crippen LogP contribution in [0.2, 0.25) is 5.02 Å². The molecule has 1 aromatic heterocycles. The number of carbonyl (C=O) groups excluding carboxylic acids is 1. The molecule has 31 heavy (non-hydrogen) atoms. The van der Waals surface area contributed by atoms with Crippen molar-refractivity contribution in [2.24, 2.45) is 5.92 Å². The molecule has 0 bridgehead atoms. The molecule has 0 radical (unpaired) electrons. The highest BCUT2D eigenvalue weighted by Crippen LogP contribution is 2.37. The van der Waals surface area contributed by atoms with E-state index in [1.807, 2.05) is 13.8 Å². The number of piperidine rings is 1. The number of methoxy groups -OCH3 is 2. The number of aromatic nitrogens is 2. The first kappa shape index (κ1) is 23.4. The third-order valence-corrected chi connectivity index (χ3v) is 7.31. The number of imidazole rings is 1. The summed E-state index contributed by atoms with van der Waals surface area (Å²) < 4.78 is 39.6. The van der Waals surface area contributed by atoms with Crippen molar-refractivity contribution in [2.75, 3.05) is 32.6 Å². The van der Waals surface area contributed by atoms with Gasteiger partial charge in [-0.3, -0.25) is 4.79 Å². The summed E-state index contributed by atoms with van der Waals surface area (Å²) in [5.74, 6) is 0.00407. The molecule has 0 aliphatic carbocycles. The van der Waals surface area contributed by atoms with Crippen LogP contribution in [0.1, 0.15) is 32.7 Å². The second-order valence-corrected chi connectivity index (χ2v) is 9.92. The zero-order chi connectivity index (χ0) is 22.8. The predicted molar refractivity (Wildman–Crippen MR) is 117 cm³/mol. The fourth-order valence-electron chi connectivity index (χ4n) is 3.42. The molecule has 2 aromatic rings. The summed E-state index contributed by atoms with van der Waals surface area (Å²) in [6.45, 7) is 4.29. The second kappa shape index (κ2) is 9.46. The minimum absolute atomic E-state index is 0.0119. The highest BCUT2D eigenvalue weighted by Gasteiger charge is 2.35. The van der Waals surface area contributed by atoms with Gasteiger partial charge in [-0.15, -0.1) is 0 Å². The lowest BCUT2D eigenvalue weighted by atomic mass is 9.98. The van der Waals surface area contributed by atoms with Crippen LogP contribution in [-0.4, -0.2) is 55.5 Å². The van der Waals surface area contributed by atoms with Gasteiger partial charge in [-0.2, -0.15) is 4.31 Å². The number of halogens is 1. The van der Waals surface area contributed by atoms with Crippen molar-refractivity contribution in [2.45, 2.75) is 37.8 Å². The number of ether oxygens (including phenoxy) is 2. The number of benzene rings is 1. The van der Waals surface area contributed by atoms with Gasteiger partial charge in [0.15, 0.2) is 5.03 Å². The van der Waals surface area contributed by atoms with E-state index in [9.17, 15) is 13.2 Å². The highest BCUT2D eigenvalue weighted by molar-refractivity contribution is 7.89. The Morgan fingerprint density at radius 2 is 2.03 bits per heavy atom. The molecular weight excluding hydrogens is 444 g/mol. The molecule has 0 spiro atoms. The third kappa shape index (κ3) is 4.97. The van der Waals surface area contributed by atoms with Crippen LogP contribution in [0.3, 0.4) is 0 Å². The lowest BCUT2D eigenvalue weighted by Gasteiger charge is -2.30. The van der Waals surface area contributed by atoms with Crippen LogP contribution in [0.25, 0.3) is 0 Å². The average Bonchev–Trinajstić information content (AvgIpc) is 3.26. The Bertz CT molecular complexity index is 1050. The van der Waals surface area contributed by atoms with Crippen LogP contribution in [0.15, 0.2) is 29.7 Å². The topological polar surface area (TPSA) is 103 Å². The van der Waals surface area contributed by atoms with Gasteiger partial charge in [0, 0.05) is 37.5 Å². The zero-order valence-electron chi connectivity index (χ0n) is 18.0. The van der Waals surface area contributed by atoms with Crippen LogP contribution in [0, 0.1) is 5.92 Å². The van der Waals surface area contributed by atoms with Crippen LogP contribution in [0.5, 0.6) is 11.5 Å². The molecule has 1 aromatic carbocycles. The SMILES string of the molecule is COc1cc(Cl)c(NC(=O)[C@H]2CCCN(S(=O)(=O)c3cn(C(C)C)cn3)C2)c(OC)c1. The van der Waals surface area contributed by atoms with Gasteiger partial charge < -0.3 is 19.4 Å². The van der Waals surface area contributed by atoms with Crippen LogP contribution >= 0.6 is 11.6 Å². The van der Waals surface area contributed by atoms with Crippen molar-refractivity contribution < 1.29 is 22.7 Å². The van der Waals surface area contributed by atoms with E-state index in [1.54, 1.807) is 16.7 Å². The van der Waals surface area contributed by atoms with Crippen molar-refractivity contribution in [3.05, 3.63) is 29.7 Å². The number of sulfonamides is 1. The van der Waals surface area contributed by atoms with Gasteiger partial charge in [-0.1, -0.05) is 11.6 Å². The van der Waals surface area contributed by atoms with E-state index in [2.05, 4.69) is 10.3 Å². The summed E-state index contributed by atoms with van der Waals surface area (Å²) in [7, 11) is -0.821. The van der Waals surface area contributed by atoms with Gasteiger partial charge in [0.2, 0.25) is 5.91 Å². The largest absolute Gasteiger partial charge is 0.497 e. The van der Waals surface area contributed by atoms with E-state index in [-0.39, 0.29) is 28.5 Å². The Morgan fingerprint density at radius 3 is 2.65 bits per heavy atom. The molecule has 1 aliphatic rings. The molecule has 0 saturated carbocycles. The van der Waals surface area contributed by atoms with E-state index >= 15 is 0 Å². The van der Waals surface area contributed by atoms with Crippen LogP contribution in [-0.2, 0) is 14.8 Å². The number of hydrogen-bond acceptors (Lipinski definition) is 6. The molecule has 170 valence electrons.